The van der Waals surface area contributed by atoms with Gasteiger partial charge in [0.2, 0.25) is 0 Å². The van der Waals surface area contributed by atoms with Gasteiger partial charge in [-0.05, 0) is 60.7 Å². The molecule has 2 aromatic heterocycles. The van der Waals surface area contributed by atoms with Gasteiger partial charge < -0.3 is 14.0 Å². The molecule has 0 saturated heterocycles. The van der Waals surface area contributed by atoms with Crippen LogP contribution in [0.15, 0.2) is 66.2 Å². The standard InChI is InChI=1S/C27H19N5O2S/c1-32-26(18-6-10-21(34-3)11-7-18)25(17-4-8-20(33-2)9-5-17)31-27(32)24-13-12-23(35-24)22(16-30)19(14-28)15-29/h4-13H,1-3H3. The highest BCUT2D eigenvalue weighted by molar-refractivity contribution is 7.16. The molecule has 0 aliphatic rings. The van der Waals surface area contributed by atoms with Crippen molar-refractivity contribution in [1.82, 2.24) is 9.55 Å². The third kappa shape index (κ3) is 4.37. The third-order valence-electron chi connectivity index (χ3n) is 5.48. The highest BCUT2D eigenvalue weighted by Crippen LogP contribution is 2.39. The summed E-state index contributed by atoms with van der Waals surface area (Å²) in [5.74, 6) is 2.21. The van der Waals surface area contributed by atoms with Crippen LogP contribution in [-0.2, 0) is 7.05 Å². The lowest BCUT2D eigenvalue weighted by molar-refractivity contribution is 0.414. The van der Waals surface area contributed by atoms with E-state index in [4.69, 9.17) is 14.5 Å². The Morgan fingerprint density at radius 1 is 0.800 bits per heavy atom. The number of imidazole rings is 1. The van der Waals surface area contributed by atoms with E-state index in [9.17, 15) is 15.8 Å². The average Bonchev–Trinajstić information content (AvgIpc) is 3.52. The molecule has 2 aromatic carbocycles. The molecule has 0 unspecified atom stereocenters. The van der Waals surface area contributed by atoms with Gasteiger partial charge in [-0.15, -0.1) is 11.3 Å². The minimum absolute atomic E-state index is 0.0613. The molecule has 0 atom stereocenters. The number of hydrogen-bond acceptors (Lipinski definition) is 7. The lowest BCUT2D eigenvalue weighted by Crippen LogP contribution is -1.95. The van der Waals surface area contributed by atoms with Gasteiger partial charge in [-0.3, -0.25) is 0 Å². The monoisotopic (exact) mass is 477 g/mol. The van der Waals surface area contributed by atoms with Crippen LogP contribution in [0, 0.1) is 34.0 Å². The highest BCUT2D eigenvalue weighted by atomic mass is 32.1. The first-order valence-electron chi connectivity index (χ1n) is 10.4. The predicted octanol–water partition coefficient (Wildman–Crippen LogP) is 5.82. The summed E-state index contributed by atoms with van der Waals surface area (Å²) >= 11 is 1.31. The number of aromatic nitrogens is 2. The van der Waals surface area contributed by atoms with Gasteiger partial charge in [0.1, 0.15) is 35.3 Å². The predicted molar refractivity (Wildman–Crippen MR) is 134 cm³/mol. The summed E-state index contributed by atoms with van der Waals surface area (Å²) in [6, 6.07) is 24.6. The fourth-order valence-electron chi connectivity index (χ4n) is 3.71. The van der Waals surface area contributed by atoms with Gasteiger partial charge in [0.05, 0.1) is 36.1 Å². The van der Waals surface area contributed by atoms with Crippen molar-refractivity contribution in [1.29, 1.82) is 15.8 Å². The van der Waals surface area contributed by atoms with Crippen LogP contribution in [0.3, 0.4) is 0 Å². The van der Waals surface area contributed by atoms with E-state index in [0.717, 1.165) is 38.9 Å². The summed E-state index contributed by atoms with van der Waals surface area (Å²) in [6.45, 7) is 0. The SMILES string of the molecule is COc1ccc(-c2nc(-c3ccc(C(C#N)=C(C#N)C#N)s3)n(C)c2-c2ccc(OC)cc2)cc1. The maximum absolute atomic E-state index is 9.53. The molecule has 0 radical (unpaired) electrons. The van der Waals surface area contributed by atoms with E-state index >= 15 is 0 Å². The molecule has 0 spiro atoms. The molecule has 0 saturated carbocycles. The van der Waals surface area contributed by atoms with E-state index in [-0.39, 0.29) is 11.1 Å². The van der Waals surface area contributed by atoms with Gasteiger partial charge in [0, 0.05) is 23.1 Å². The zero-order valence-corrected chi connectivity index (χ0v) is 20.1. The Kier molecular flexibility index (Phi) is 6.64. The number of rotatable bonds is 6. The van der Waals surface area contributed by atoms with E-state index in [1.54, 1.807) is 32.4 Å². The zero-order chi connectivity index (χ0) is 24.9. The first-order valence-corrected chi connectivity index (χ1v) is 11.3. The molecule has 7 nitrogen and oxygen atoms in total. The number of benzene rings is 2. The van der Waals surface area contributed by atoms with Crippen LogP contribution in [-0.4, -0.2) is 23.8 Å². The molecule has 2 heterocycles. The van der Waals surface area contributed by atoms with Gasteiger partial charge in [-0.25, -0.2) is 4.98 Å². The number of ether oxygens (including phenoxy) is 2. The van der Waals surface area contributed by atoms with Gasteiger partial charge in [0.15, 0.2) is 5.82 Å². The molecule has 4 aromatic rings. The minimum atomic E-state index is -0.210. The number of nitrogens with zero attached hydrogens (tertiary/aromatic N) is 5. The van der Waals surface area contributed by atoms with Crippen molar-refractivity contribution in [2.24, 2.45) is 7.05 Å². The first-order chi connectivity index (χ1) is 17.0. The van der Waals surface area contributed by atoms with Crippen LogP contribution in [0.2, 0.25) is 0 Å². The Morgan fingerprint density at radius 3 is 1.89 bits per heavy atom. The van der Waals surface area contributed by atoms with Crippen LogP contribution in [0.1, 0.15) is 4.88 Å². The zero-order valence-electron chi connectivity index (χ0n) is 19.2. The van der Waals surface area contributed by atoms with Crippen LogP contribution >= 0.6 is 11.3 Å². The minimum Gasteiger partial charge on any atom is -0.497 e. The topological polar surface area (TPSA) is 108 Å². The van der Waals surface area contributed by atoms with Crippen molar-refractivity contribution < 1.29 is 9.47 Å². The van der Waals surface area contributed by atoms with Crippen molar-refractivity contribution in [3.05, 3.63) is 71.1 Å². The second-order valence-corrected chi connectivity index (χ2v) is 8.48. The Balaban J connectivity index is 1.90. The number of nitriles is 3. The normalized spacial score (nSPS) is 10.1. The summed E-state index contributed by atoms with van der Waals surface area (Å²) in [6.07, 6.45) is 0. The molecule has 0 N–H and O–H groups in total. The van der Waals surface area contributed by atoms with Crippen molar-refractivity contribution >= 4 is 16.9 Å². The first kappa shape index (κ1) is 23.3. The second-order valence-electron chi connectivity index (χ2n) is 7.40. The molecular weight excluding hydrogens is 458 g/mol. The van der Waals surface area contributed by atoms with Crippen LogP contribution in [0.25, 0.3) is 38.8 Å². The fourth-order valence-corrected chi connectivity index (χ4v) is 4.74. The summed E-state index contributed by atoms with van der Waals surface area (Å²) < 4.78 is 12.6. The molecule has 0 aliphatic heterocycles. The maximum atomic E-state index is 9.53. The van der Waals surface area contributed by atoms with Crippen LogP contribution in [0.5, 0.6) is 11.5 Å². The Labute approximate surface area is 207 Å². The van der Waals surface area contributed by atoms with E-state index in [0.29, 0.717) is 10.7 Å². The molecule has 0 bridgehead atoms. The average molecular weight is 478 g/mol. The lowest BCUT2D eigenvalue weighted by atomic mass is 10.0. The molecule has 35 heavy (non-hydrogen) atoms. The van der Waals surface area contributed by atoms with Crippen molar-refractivity contribution in [2.45, 2.75) is 0 Å². The summed E-state index contributed by atoms with van der Waals surface area (Å²) in [7, 11) is 5.19. The van der Waals surface area contributed by atoms with Crippen molar-refractivity contribution in [2.75, 3.05) is 14.2 Å². The highest BCUT2D eigenvalue weighted by Gasteiger charge is 2.21. The van der Waals surface area contributed by atoms with E-state index in [2.05, 4.69) is 0 Å². The van der Waals surface area contributed by atoms with Gasteiger partial charge in [0.25, 0.3) is 0 Å². The number of allylic oxidation sites excluding steroid dienone is 2. The fraction of sp³-hybridized carbons (Fsp3) is 0.111. The molecule has 4 rings (SSSR count). The molecule has 8 heteroatoms. The third-order valence-corrected chi connectivity index (χ3v) is 6.58. The van der Waals surface area contributed by atoms with E-state index in [1.807, 2.05) is 72.3 Å². The smallest absolute Gasteiger partial charge is 0.151 e. The Morgan fingerprint density at radius 2 is 1.37 bits per heavy atom. The lowest BCUT2D eigenvalue weighted by Gasteiger charge is -2.09. The summed E-state index contributed by atoms with van der Waals surface area (Å²) in [5, 5.41) is 28.0. The number of hydrogen-bond donors (Lipinski definition) is 0. The summed E-state index contributed by atoms with van der Waals surface area (Å²) in [4.78, 5) is 6.33. The van der Waals surface area contributed by atoms with Gasteiger partial charge in [-0.1, -0.05) is 0 Å². The Bertz CT molecular complexity index is 1520. The number of thiophene rings is 1. The van der Waals surface area contributed by atoms with Crippen molar-refractivity contribution in [3.63, 3.8) is 0 Å². The van der Waals surface area contributed by atoms with E-state index in [1.165, 1.54) is 11.3 Å². The van der Waals surface area contributed by atoms with E-state index < -0.39 is 0 Å². The van der Waals surface area contributed by atoms with Gasteiger partial charge in [-0.2, -0.15) is 15.8 Å². The maximum Gasteiger partial charge on any atom is 0.151 e. The molecule has 170 valence electrons. The second kappa shape index (κ2) is 9.97. The molecule has 0 aliphatic carbocycles. The quantitative estimate of drug-likeness (QED) is 0.324. The molecular formula is C27H19N5O2S. The van der Waals surface area contributed by atoms with Crippen LogP contribution < -0.4 is 9.47 Å². The van der Waals surface area contributed by atoms with Gasteiger partial charge >= 0.3 is 0 Å². The molecule has 0 amide bonds. The largest absolute Gasteiger partial charge is 0.497 e. The van der Waals surface area contributed by atoms with Crippen molar-refractivity contribution in [3.8, 4) is 62.9 Å². The summed E-state index contributed by atoms with van der Waals surface area (Å²) in [5.41, 5.74) is 3.43. The Hall–Kier alpha value is -4.84. The number of methoxy groups -OCH3 is 2. The molecule has 0 fully saturated rings. The van der Waals surface area contributed by atoms with Crippen LogP contribution in [0.4, 0.5) is 0 Å².